The molecule has 1 aliphatic rings. The van der Waals surface area contributed by atoms with Crippen LogP contribution < -0.4 is 5.73 Å². The molecule has 0 saturated heterocycles. The van der Waals surface area contributed by atoms with E-state index in [4.69, 9.17) is 5.73 Å². The van der Waals surface area contributed by atoms with Gasteiger partial charge in [0, 0.05) is 12.0 Å². The fourth-order valence-corrected chi connectivity index (χ4v) is 3.68. The van der Waals surface area contributed by atoms with Crippen LogP contribution in [0, 0.1) is 17.2 Å². The summed E-state index contributed by atoms with van der Waals surface area (Å²) in [7, 11) is 0. The number of halogens is 2. The number of nitrogens with two attached hydrogens (primary N) is 1. The van der Waals surface area contributed by atoms with Crippen LogP contribution in [0.1, 0.15) is 50.7 Å². The summed E-state index contributed by atoms with van der Waals surface area (Å²) in [6.07, 6.45) is 4.69. The first-order chi connectivity index (χ1) is 9.52. The fourth-order valence-electron chi connectivity index (χ4n) is 3.29. The molecule has 20 heavy (non-hydrogen) atoms. The van der Waals surface area contributed by atoms with Crippen LogP contribution in [-0.4, -0.2) is 11.7 Å². The van der Waals surface area contributed by atoms with E-state index in [0.717, 1.165) is 37.2 Å². The average Bonchev–Trinajstić information content (AvgIpc) is 2.49. The summed E-state index contributed by atoms with van der Waals surface area (Å²) < 4.78 is 13.7. The lowest BCUT2D eigenvalue weighted by atomic mass is 9.65. The molecule has 1 unspecified atom stereocenters. The van der Waals surface area contributed by atoms with Gasteiger partial charge in [-0.15, -0.1) is 0 Å². The Balaban J connectivity index is 2.20. The van der Waals surface area contributed by atoms with Gasteiger partial charge in [0.15, 0.2) is 0 Å². The molecule has 0 heterocycles. The molecule has 2 nitrogen and oxygen atoms in total. The van der Waals surface area contributed by atoms with Gasteiger partial charge in [-0.25, -0.2) is 4.39 Å². The highest BCUT2D eigenvalue weighted by Crippen LogP contribution is 2.47. The summed E-state index contributed by atoms with van der Waals surface area (Å²) in [5, 5.41) is 10.7. The van der Waals surface area contributed by atoms with Gasteiger partial charge in [-0.05, 0) is 65.2 Å². The van der Waals surface area contributed by atoms with Gasteiger partial charge in [-0.2, -0.15) is 0 Å². The third-order valence-electron chi connectivity index (χ3n) is 4.92. The Kier molecular flexibility index (Phi) is 5.21. The molecule has 1 atom stereocenters. The molecule has 1 aliphatic carbocycles. The van der Waals surface area contributed by atoms with Gasteiger partial charge < -0.3 is 10.8 Å². The van der Waals surface area contributed by atoms with Crippen LogP contribution >= 0.6 is 15.9 Å². The van der Waals surface area contributed by atoms with Crippen LogP contribution in [0.4, 0.5) is 4.39 Å². The predicted octanol–water partition coefficient (Wildman–Crippen LogP) is 4.17. The van der Waals surface area contributed by atoms with Gasteiger partial charge in [0.05, 0.1) is 10.6 Å². The standard InChI is InChI=1S/C16H23BrFNO/c1-2-11-5-7-16(10-19,8-6-11)15(20)12-3-4-14(18)13(17)9-12/h3-4,9,11,15,20H,2,5-8,10,19H2,1H3. The molecule has 0 radical (unpaired) electrons. The van der Waals surface area contributed by atoms with Crippen molar-refractivity contribution in [3.63, 3.8) is 0 Å². The van der Waals surface area contributed by atoms with E-state index in [1.165, 1.54) is 12.5 Å². The smallest absolute Gasteiger partial charge is 0.137 e. The Bertz CT molecular complexity index is 458. The van der Waals surface area contributed by atoms with E-state index in [0.29, 0.717) is 11.0 Å². The molecule has 3 N–H and O–H groups in total. The van der Waals surface area contributed by atoms with Gasteiger partial charge in [0.25, 0.3) is 0 Å². The van der Waals surface area contributed by atoms with Crippen molar-refractivity contribution in [3.8, 4) is 0 Å². The lowest BCUT2D eigenvalue weighted by Gasteiger charge is -2.43. The minimum Gasteiger partial charge on any atom is -0.388 e. The maximum Gasteiger partial charge on any atom is 0.137 e. The van der Waals surface area contributed by atoms with Crippen molar-refractivity contribution >= 4 is 15.9 Å². The Morgan fingerprint density at radius 1 is 1.45 bits per heavy atom. The van der Waals surface area contributed by atoms with Crippen molar-refractivity contribution in [2.45, 2.75) is 45.1 Å². The highest BCUT2D eigenvalue weighted by molar-refractivity contribution is 9.10. The predicted molar refractivity (Wildman–Crippen MR) is 82.8 cm³/mol. The van der Waals surface area contributed by atoms with Gasteiger partial charge in [0.1, 0.15) is 5.82 Å². The highest BCUT2D eigenvalue weighted by Gasteiger charge is 2.40. The van der Waals surface area contributed by atoms with Crippen LogP contribution in [-0.2, 0) is 0 Å². The zero-order valence-electron chi connectivity index (χ0n) is 11.9. The second kappa shape index (κ2) is 6.54. The molecule has 0 aromatic heterocycles. The van der Waals surface area contributed by atoms with E-state index in [2.05, 4.69) is 22.9 Å². The molecule has 1 fully saturated rings. The molecule has 1 saturated carbocycles. The van der Waals surface area contributed by atoms with E-state index in [-0.39, 0.29) is 11.2 Å². The fraction of sp³-hybridized carbons (Fsp3) is 0.625. The number of aliphatic hydroxyl groups excluding tert-OH is 1. The monoisotopic (exact) mass is 343 g/mol. The molecule has 1 aromatic carbocycles. The Hall–Kier alpha value is -0.450. The van der Waals surface area contributed by atoms with Crippen LogP contribution in [0.25, 0.3) is 0 Å². The van der Waals surface area contributed by atoms with Gasteiger partial charge >= 0.3 is 0 Å². The minimum atomic E-state index is -0.623. The van der Waals surface area contributed by atoms with Crippen molar-refractivity contribution in [1.29, 1.82) is 0 Å². The number of rotatable bonds is 4. The van der Waals surface area contributed by atoms with Crippen molar-refractivity contribution in [1.82, 2.24) is 0 Å². The molecule has 4 heteroatoms. The zero-order chi connectivity index (χ0) is 14.8. The van der Waals surface area contributed by atoms with E-state index in [1.807, 2.05) is 0 Å². The van der Waals surface area contributed by atoms with Crippen LogP contribution in [0.2, 0.25) is 0 Å². The van der Waals surface area contributed by atoms with E-state index in [1.54, 1.807) is 12.1 Å². The molecule has 1 aromatic rings. The molecule has 0 spiro atoms. The summed E-state index contributed by atoms with van der Waals surface area (Å²) in [5.41, 5.74) is 6.47. The topological polar surface area (TPSA) is 46.2 Å². The molecule has 0 amide bonds. The van der Waals surface area contributed by atoms with Gasteiger partial charge in [-0.3, -0.25) is 0 Å². The maximum atomic E-state index is 13.3. The van der Waals surface area contributed by atoms with E-state index < -0.39 is 6.10 Å². The third-order valence-corrected chi connectivity index (χ3v) is 5.53. The number of aliphatic hydroxyl groups is 1. The van der Waals surface area contributed by atoms with Crippen LogP contribution in [0.3, 0.4) is 0 Å². The van der Waals surface area contributed by atoms with Crippen molar-refractivity contribution < 1.29 is 9.50 Å². The van der Waals surface area contributed by atoms with Gasteiger partial charge in [-0.1, -0.05) is 19.4 Å². The number of benzene rings is 1. The average molecular weight is 344 g/mol. The third kappa shape index (κ3) is 3.07. The largest absolute Gasteiger partial charge is 0.388 e. The molecule has 0 bridgehead atoms. The number of hydrogen-bond donors (Lipinski definition) is 2. The summed E-state index contributed by atoms with van der Waals surface area (Å²) >= 11 is 3.18. The Morgan fingerprint density at radius 3 is 2.60 bits per heavy atom. The maximum absolute atomic E-state index is 13.3. The minimum absolute atomic E-state index is 0.261. The summed E-state index contributed by atoms with van der Waals surface area (Å²) in [4.78, 5) is 0. The molecule has 2 rings (SSSR count). The summed E-state index contributed by atoms with van der Waals surface area (Å²) in [6.45, 7) is 2.69. The SMILES string of the molecule is CCC1CCC(CN)(C(O)c2ccc(F)c(Br)c2)CC1. The molecular formula is C16H23BrFNO. The highest BCUT2D eigenvalue weighted by atomic mass is 79.9. The molecular weight excluding hydrogens is 321 g/mol. The van der Waals surface area contributed by atoms with E-state index >= 15 is 0 Å². The summed E-state index contributed by atoms with van der Waals surface area (Å²) in [6, 6.07) is 4.72. The van der Waals surface area contributed by atoms with Crippen LogP contribution in [0.15, 0.2) is 22.7 Å². The second-order valence-electron chi connectivity index (χ2n) is 5.99. The normalized spacial score (nSPS) is 28.4. The zero-order valence-corrected chi connectivity index (χ0v) is 13.5. The molecule has 0 aliphatic heterocycles. The van der Waals surface area contributed by atoms with Crippen molar-refractivity contribution in [2.24, 2.45) is 17.1 Å². The van der Waals surface area contributed by atoms with E-state index in [9.17, 15) is 9.50 Å². The first-order valence-corrected chi connectivity index (χ1v) is 8.15. The molecule has 112 valence electrons. The number of hydrogen-bond acceptors (Lipinski definition) is 2. The quantitative estimate of drug-likeness (QED) is 0.861. The first kappa shape index (κ1) is 15.9. The lowest BCUT2D eigenvalue weighted by Crippen LogP contribution is -2.40. The van der Waals surface area contributed by atoms with Crippen LogP contribution in [0.5, 0.6) is 0 Å². The Labute approximate surface area is 128 Å². The lowest BCUT2D eigenvalue weighted by molar-refractivity contribution is -0.0104. The van der Waals surface area contributed by atoms with Gasteiger partial charge in [0.2, 0.25) is 0 Å². The summed E-state index contributed by atoms with van der Waals surface area (Å²) in [5.74, 6) is 0.444. The van der Waals surface area contributed by atoms with Crippen molar-refractivity contribution in [2.75, 3.05) is 6.54 Å². The second-order valence-corrected chi connectivity index (χ2v) is 6.85. The Morgan fingerprint density at radius 2 is 2.10 bits per heavy atom. The van der Waals surface area contributed by atoms with Crippen molar-refractivity contribution in [3.05, 3.63) is 34.1 Å². The first-order valence-electron chi connectivity index (χ1n) is 7.35.